The minimum Gasteiger partial charge on any atom is -0.459 e. The smallest absolute Gasteiger partial charge is 0.311 e. The third-order valence-corrected chi connectivity index (χ3v) is 4.23. The van der Waals surface area contributed by atoms with Gasteiger partial charge in [0.1, 0.15) is 6.10 Å². The van der Waals surface area contributed by atoms with E-state index < -0.39 is 17.6 Å². The largest absolute Gasteiger partial charge is 0.459 e. The van der Waals surface area contributed by atoms with Gasteiger partial charge in [-0.05, 0) is 45.4 Å². The molecule has 3 unspecified atom stereocenters. The van der Waals surface area contributed by atoms with Gasteiger partial charge >= 0.3 is 11.9 Å². The number of aliphatic hydroxyl groups excluding tert-OH is 1. The molecule has 0 heterocycles. The van der Waals surface area contributed by atoms with E-state index in [0.717, 1.165) is 12.7 Å². The second-order valence-corrected chi connectivity index (χ2v) is 6.29. The third kappa shape index (κ3) is 5.16. The summed E-state index contributed by atoms with van der Waals surface area (Å²) in [4.78, 5) is 23.4. The number of ether oxygens (including phenoxy) is 2. The number of rotatable bonds is 6. The first-order valence-corrected chi connectivity index (χ1v) is 7.49. The van der Waals surface area contributed by atoms with Crippen LogP contribution >= 0.6 is 0 Å². The molecule has 0 bridgehead atoms. The molecule has 120 valence electrons. The van der Waals surface area contributed by atoms with Crippen LogP contribution in [-0.4, -0.2) is 29.3 Å². The highest BCUT2D eigenvalue weighted by Gasteiger charge is 2.36. The molecule has 5 heteroatoms. The van der Waals surface area contributed by atoms with Gasteiger partial charge in [0.2, 0.25) is 0 Å². The topological polar surface area (TPSA) is 72.8 Å². The molecule has 1 saturated carbocycles. The van der Waals surface area contributed by atoms with Crippen LogP contribution in [0.15, 0.2) is 12.8 Å². The molecule has 0 aliphatic heterocycles. The van der Waals surface area contributed by atoms with Gasteiger partial charge in [0.05, 0.1) is 17.8 Å². The van der Waals surface area contributed by atoms with Crippen molar-refractivity contribution in [2.45, 2.75) is 65.1 Å². The molecule has 0 aromatic heterocycles. The van der Waals surface area contributed by atoms with Gasteiger partial charge in [0.25, 0.3) is 0 Å². The highest BCUT2D eigenvalue weighted by molar-refractivity contribution is 5.76. The minimum absolute atomic E-state index is 0.0570. The lowest BCUT2D eigenvalue weighted by Crippen LogP contribution is -2.40. The summed E-state index contributed by atoms with van der Waals surface area (Å²) in [5.74, 6) is -0.565. The second kappa shape index (κ2) is 7.59. The van der Waals surface area contributed by atoms with Crippen molar-refractivity contribution >= 4 is 11.9 Å². The number of carbonyl (C=O) groups excluding carboxylic acids is 2. The fraction of sp³-hybridized carbons (Fsp3) is 0.750. The Morgan fingerprint density at radius 2 is 2.05 bits per heavy atom. The van der Waals surface area contributed by atoms with Crippen molar-refractivity contribution in [1.82, 2.24) is 0 Å². The zero-order chi connectivity index (χ0) is 16.0. The SMILES string of the molecule is C=COC(=O)CC1CCC(OC(=O)C(C)(C)CC)C(O)C1. The molecule has 1 rings (SSSR count). The summed E-state index contributed by atoms with van der Waals surface area (Å²) >= 11 is 0. The first kappa shape index (κ1) is 17.7. The molecule has 21 heavy (non-hydrogen) atoms. The van der Waals surface area contributed by atoms with E-state index in [2.05, 4.69) is 11.3 Å². The van der Waals surface area contributed by atoms with Crippen molar-refractivity contribution in [3.05, 3.63) is 12.8 Å². The van der Waals surface area contributed by atoms with E-state index in [1.807, 2.05) is 20.8 Å². The van der Waals surface area contributed by atoms with Gasteiger partial charge in [-0.25, -0.2) is 0 Å². The summed E-state index contributed by atoms with van der Waals surface area (Å²) in [5, 5.41) is 10.1. The van der Waals surface area contributed by atoms with Crippen molar-refractivity contribution in [3.8, 4) is 0 Å². The van der Waals surface area contributed by atoms with Crippen LogP contribution in [0.3, 0.4) is 0 Å². The monoisotopic (exact) mass is 298 g/mol. The molecule has 0 aromatic carbocycles. The van der Waals surface area contributed by atoms with Crippen LogP contribution in [0.25, 0.3) is 0 Å². The van der Waals surface area contributed by atoms with E-state index in [4.69, 9.17) is 4.74 Å². The Labute approximate surface area is 126 Å². The second-order valence-electron chi connectivity index (χ2n) is 6.29. The van der Waals surface area contributed by atoms with Gasteiger partial charge in [0, 0.05) is 6.42 Å². The summed E-state index contributed by atoms with van der Waals surface area (Å²) in [6.07, 6.45) is 2.59. The molecular weight excluding hydrogens is 272 g/mol. The van der Waals surface area contributed by atoms with E-state index in [0.29, 0.717) is 19.3 Å². The van der Waals surface area contributed by atoms with Gasteiger partial charge in [-0.2, -0.15) is 0 Å². The van der Waals surface area contributed by atoms with Crippen molar-refractivity contribution in [2.75, 3.05) is 0 Å². The number of carbonyl (C=O) groups is 2. The van der Waals surface area contributed by atoms with E-state index in [-0.39, 0.29) is 24.3 Å². The van der Waals surface area contributed by atoms with Crippen molar-refractivity contribution in [1.29, 1.82) is 0 Å². The zero-order valence-corrected chi connectivity index (χ0v) is 13.1. The van der Waals surface area contributed by atoms with Crippen molar-refractivity contribution in [3.63, 3.8) is 0 Å². The Morgan fingerprint density at radius 1 is 1.38 bits per heavy atom. The predicted molar refractivity (Wildman–Crippen MR) is 78.2 cm³/mol. The first-order valence-electron chi connectivity index (χ1n) is 7.49. The van der Waals surface area contributed by atoms with Crippen LogP contribution in [0.5, 0.6) is 0 Å². The van der Waals surface area contributed by atoms with Crippen LogP contribution in [0.4, 0.5) is 0 Å². The summed E-state index contributed by atoms with van der Waals surface area (Å²) in [6.45, 7) is 8.93. The summed E-state index contributed by atoms with van der Waals surface area (Å²) in [7, 11) is 0. The molecular formula is C16H26O5. The first-order chi connectivity index (χ1) is 9.80. The summed E-state index contributed by atoms with van der Waals surface area (Å²) in [6, 6.07) is 0. The molecule has 3 atom stereocenters. The molecule has 0 radical (unpaired) electrons. The van der Waals surface area contributed by atoms with Gasteiger partial charge in [-0.3, -0.25) is 9.59 Å². The number of hydrogen-bond donors (Lipinski definition) is 1. The Morgan fingerprint density at radius 3 is 2.57 bits per heavy atom. The molecule has 1 fully saturated rings. The fourth-order valence-corrected chi connectivity index (χ4v) is 2.34. The molecule has 5 nitrogen and oxygen atoms in total. The lowest BCUT2D eigenvalue weighted by Gasteiger charge is -2.34. The molecule has 0 saturated heterocycles. The molecule has 0 spiro atoms. The number of esters is 2. The number of aliphatic hydroxyl groups is 1. The van der Waals surface area contributed by atoms with Crippen LogP contribution in [-0.2, 0) is 19.1 Å². The van der Waals surface area contributed by atoms with Crippen LogP contribution in [0.1, 0.15) is 52.9 Å². The Hall–Kier alpha value is -1.36. The normalized spacial score (nSPS) is 26.0. The van der Waals surface area contributed by atoms with Gasteiger partial charge in [-0.15, -0.1) is 0 Å². The van der Waals surface area contributed by atoms with Crippen molar-refractivity contribution < 1.29 is 24.2 Å². The van der Waals surface area contributed by atoms with E-state index in [9.17, 15) is 14.7 Å². The van der Waals surface area contributed by atoms with Gasteiger partial charge < -0.3 is 14.6 Å². The number of hydrogen-bond acceptors (Lipinski definition) is 5. The summed E-state index contributed by atoms with van der Waals surface area (Å²) < 4.78 is 10.1. The zero-order valence-electron chi connectivity index (χ0n) is 13.1. The van der Waals surface area contributed by atoms with Crippen LogP contribution in [0.2, 0.25) is 0 Å². The fourth-order valence-electron chi connectivity index (χ4n) is 2.34. The van der Waals surface area contributed by atoms with E-state index in [1.165, 1.54) is 0 Å². The van der Waals surface area contributed by atoms with Crippen molar-refractivity contribution in [2.24, 2.45) is 11.3 Å². The highest BCUT2D eigenvalue weighted by Crippen LogP contribution is 2.31. The minimum atomic E-state index is -0.725. The van der Waals surface area contributed by atoms with E-state index >= 15 is 0 Å². The van der Waals surface area contributed by atoms with Gasteiger partial charge in [0.15, 0.2) is 0 Å². The molecule has 1 aliphatic rings. The maximum atomic E-state index is 12.0. The maximum absolute atomic E-state index is 12.0. The molecule has 1 aliphatic carbocycles. The average Bonchev–Trinajstić information content (AvgIpc) is 2.41. The lowest BCUT2D eigenvalue weighted by atomic mass is 9.83. The lowest BCUT2D eigenvalue weighted by molar-refractivity contribution is -0.170. The molecule has 0 aromatic rings. The summed E-state index contributed by atoms with van der Waals surface area (Å²) in [5.41, 5.74) is -0.537. The Balaban J connectivity index is 2.48. The third-order valence-electron chi connectivity index (χ3n) is 4.23. The predicted octanol–water partition coefficient (Wildman–Crippen LogP) is 2.57. The highest BCUT2D eigenvalue weighted by atomic mass is 16.6. The Kier molecular flexibility index (Phi) is 6.40. The average molecular weight is 298 g/mol. The van der Waals surface area contributed by atoms with Crippen LogP contribution < -0.4 is 0 Å². The van der Waals surface area contributed by atoms with E-state index in [1.54, 1.807) is 0 Å². The maximum Gasteiger partial charge on any atom is 0.311 e. The van der Waals surface area contributed by atoms with Crippen LogP contribution in [0, 0.1) is 11.3 Å². The quantitative estimate of drug-likeness (QED) is 0.602. The van der Waals surface area contributed by atoms with Gasteiger partial charge in [-0.1, -0.05) is 13.5 Å². The molecule has 0 amide bonds. The Bertz CT molecular complexity index is 388. The standard InChI is InChI=1S/C16H26O5/c1-5-16(3,4)15(19)21-13-8-7-11(9-12(13)17)10-14(18)20-6-2/h6,11-13,17H,2,5,7-10H2,1,3-4H3. The molecule has 1 N–H and O–H groups in total.